The second-order valence-corrected chi connectivity index (χ2v) is 19.0. The molecule has 0 bridgehead atoms. The van der Waals surface area contributed by atoms with Gasteiger partial charge in [0, 0.05) is 6.42 Å². The van der Waals surface area contributed by atoms with Crippen LogP contribution in [0, 0.1) is 0 Å². The molecule has 1 saturated heterocycles. The minimum Gasteiger partial charge on any atom is -0.394 e. The lowest BCUT2D eigenvalue weighted by Crippen LogP contribution is -2.60. The lowest BCUT2D eigenvalue weighted by molar-refractivity contribution is -0.302. The Morgan fingerprint density at radius 3 is 1.31 bits per heavy atom. The molecule has 0 saturated carbocycles. The van der Waals surface area contributed by atoms with Crippen LogP contribution in [0.25, 0.3) is 0 Å². The van der Waals surface area contributed by atoms with Crippen LogP contribution in [0.2, 0.25) is 0 Å². The van der Waals surface area contributed by atoms with Crippen molar-refractivity contribution in [2.45, 2.75) is 307 Å². The average molecular weight is 882 g/mol. The summed E-state index contributed by atoms with van der Waals surface area (Å²) in [6, 6.07) is -0.714. The molecule has 0 aliphatic carbocycles. The van der Waals surface area contributed by atoms with E-state index in [0.29, 0.717) is 12.8 Å². The largest absolute Gasteiger partial charge is 0.394 e. The van der Waals surface area contributed by atoms with E-state index in [1.807, 2.05) is 0 Å². The predicted molar refractivity (Wildman–Crippen MR) is 258 cm³/mol. The minimum absolute atomic E-state index is 0.134. The molecule has 1 fully saturated rings. The van der Waals surface area contributed by atoms with E-state index in [9.17, 15) is 30.3 Å². The van der Waals surface area contributed by atoms with Gasteiger partial charge in [0.1, 0.15) is 24.4 Å². The van der Waals surface area contributed by atoms with Gasteiger partial charge in [0.25, 0.3) is 0 Å². The summed E-state index contributed by atoms with van der Waals surface area (Å²) in [6.45, 7) is 3.85. The number of aliphatic hydroxyl groups is 5. The zero-order valence-corrected chi connectivity index (χ0v) is 40.6. The lowest BCUT2D eigenvalue weighted by atomic mass is 9.99. The van der Waals surface area contributed by atoms with Crippen molar-refractivity contribution in [3.05, 3.63) is 12.2 Å². The summed E-state index contributed by atoms with van der Waals surface area (Å²) < 4.78 is 11.3. The molecule has 368 valence electrons. The lowest BCUT2D eigenvalue weighted by Gasteiger charge is -2.40. The molecule has 1 aliphatic heterocycles. The van der Waals surface area contributed by atoms with Crippen LogP contribution in [-0.2, 0) is 14.3 Å². The minimum atomic E-state index is -1.55. The van der Waals surface area contributed by atoms with Crippen LogP contribution in [0.15, 0.2) is 12.2 Å². The van der Waals surface area contributed by atoms with Gasteiger partial charge >= 0.3 is 0 Å². The van der Waals surface area contributed by atoms with Crippen LogP contribution < -0.4 is 5.32 Å². The zero-order chi connectivity index (χ0) is 45.1. The molecule has 1 aliphatic rings. The van der Waals surface area contributed by atoms with Gasteiger partial charge in [-0.2, -0.15) is 0 Å². The van der Waals surface area contributed by atoms with Crippen LogP contribution in [0.3, 0.4) is 0 Å². The van der Waals surface area contributed by atoms with Crippen LogP contribution >= 0.6 is 0 Å². The molecule has 7 atom stereocenters. The van der Waals surface area contributed by atoms with Crippen LogP contribution in [0.1, 0.15) is 264 Å². The molecule has 0 radical (unpaired) electrons. The van der Waals surface area contributed by atoms with Crippen molar-refractivity contribution >= 4 is 5.91 Å². The number of amides is 1. The van der Waals surface area contributed by atoms with Crippen molar-refractivity contribution < 1.29 is 39.8 Å². The Kier molecular flexibility index (Phi) is 41.6. The maximum atomic E-state index is 13.0. The second kappa shape index (κ2) is 43.8. The number of allylic oxidation sites excluding steroid dienone is 2. The molecule has 62 heavy (non-hydrogen) atoms. The van der Waals surface area contributed by atoms with Crippen molar-refractivity contribution in [3.63, 3.8) is 0 Å². The monoisotopic (exact) mass is 882 g/mol. The molecule has 6 N–H and O–H groups in total. The summed E-state index contributed by atoms with van der Waals surface area (Å²) in [5.74, 6) is -0.141. The van der Waals surface area contributed by atoms with Gasteiger partial charge in [-0.1, -0.05) is 231 Å². The van der Waals surface area contributed by atoms with Crippen molar-refractivity contribution in [3.8, 4) is 0 Å². The van der Waals surface area contributed by atoms with Crippen molar-refractivity contribution in [1.82, 2.24) is 5.32 Å². The molecule has 1 amide bonds. The summed E-state index contributed by atoms with van der Waals surface area (Å²) in [4.78, 5) is 13.0. The second-order valence-electron chi connectivity index (χ2n) is 19.0. The van der Waals surface area contributed by atoms with Gasteiger partial charge in [0.2, 0.25) is 5.91 Å². The first-order valence-electron chi connectivity index (χ1n) is 26.9. The fraction of sp³-hybridized carbons (Fsp3) is 0.943. The molecule has 1 heterocycles. The molecule has 7 unspecified atom stereocenters. The average Bonchev–Trinajstić information content (AvgIpc) is 3.27. The Hall–Kier alpha value is -1.07. The van der Waals surface area contributed by atoms with Gasteiger partial charge < -0.3 is 40.3 Å². The standard InChI is InChI=1S/C53H103NO8/c1-3-5-7-9-11-13-15-17-18-19-20-21-22-23-24-25-26-27-28-29-30-31-33-35-37-39-41-43-49(57)54-46(45-61-53-52(60)51(59)50(58)48(44-55)62-53)47(56)42-40-38-36-34-32-16-14-12-10-8-6-4-2/h19-20,46-48,50-53,55-56,58-60H,3-18,21-45H2,1-2H3,(H,54,57)/b20-19-. The van der Waals surface area contributed by atoms with E-state index in [1.54, 1.807) is 0 Å². The topological polar surface area (TPSA) is 149 Å². The van der Waals surface area contributed by atoms with Gasteiger partial charge in [-0.05, 0) is 38.5 Å². The third kappa shape index (κ3) is 33.4. The Morgan fingerprint density at radius 2 is 0.903 bits per heavy atom. The first kappa shape index (κ1) is 58.9. The van der Waals surface area contributed by atoms with Crippen LogP contribution in [-0.4, -0.2) is 87.5 Å². The maximum Gasteiger partial charge on any atom is 0.220 e. The first-order valence-corrected chi connectivity index (χ1v) is 26.9. The van der Waals surface area contributed by atoms with Gasteiger partial charge in [-0.25, -0.2) is 0 Å². The van der Waals surface area contributed by atoms with E-state index < -0.39 is 49.5 Å². The highest BCUT2D eigenvalue weighted by atomic mass is 16.7. The molecule has 0 aromatic rings. The van der Waals surface area contributed by atoms with E-state index in [2.05, 4.69) is 31.3 Å². The summed E-state index contributed by atoms with van der Waals surface area (Å²) in [6.07, 6.45) is 45.3. The number of carbonyl (C=O) groups is 1. The number of nitrogens with one attached hydrogen (secondary N) is 1. The normalized spacial score (nSPS) is 20.3. The highest BCUT2D eigenvalue weighted by Gasteiger charge is 2.44. The summed E-state index contributed by atoms with van der Waals surface area (Å²) in [7, 11) is 0. The summed E-state index contributed by atoms with van der Waals surface area (Å²) >= 11 is 0. The number of rotatable bonds is 46. The predicted octanol–water partition coefficient (Wildman–Crippen LogP) is 12.5. The number of hydrogen-bond donors (Lipinski definition) is 6. The molecular weight excluding hydrogens is 779 g/mol. The molecule has 0 spiro atoms. The van der Waals surface area contributed by atoms with Gasteiger partial charge in [0.15, 0.2) is 6.29 Å². The molecule has 9 heteroatoms. The first-order chi connectivity index (χ1) is 30.3. The Labute approximate surface area is 382 Å². The van der Waals surface area contributed by atoms with Gasteiger partial charge in [-0.15, -0.1) is 0 Å². The quantitative estimate of drug-likeness (QED) is 0.0261. The number of aliphatic hydroxyl groups excluding tert-OH is 5. The smallest absolute Gasteiger partial charge is 0.220 e. The molecule has 9 nitrogen and oxygen atoms in total. The van der Waals surface area contributed by atoms with E-state index in [-0.39, 0.29) is 12.5 Å². The number of ether oxygens (including phenoxy) is 2. The summed E-state index contributed by atoms with van der Waals surface area (Å²) in [5.41, 5.74) is 0. The third-order valence-corrected chi connectivity index (χ3v) is 13.1. The molecule has 0 aromatic carbocycles. The molecule has 1 rings (SSSR count). The Bertz CT molecular complexity index is 981. The molecular formula is C53H103NO8. The Balaban J connectivity index is 2.15. The number of hydrogen-bond acceptors (Lipinski definition) is 8. The van der Waals surface area contributed by atoms with E-state index >= 15 is 0 Å². The maximum absolute atomic E-state index is 13.0. The van der Waals surface area contributed by atoms with E-state index in [4.69, 9.17) is 9.47 Å². The van der Waals surface area contributed by atoms with Crippen molar-refractivity contribution in [1.29, 1.82) is 0 Å². The SMILES string of the molecule is CCCCCCCCCC/C=C\CCCCCCCCCCCCCCCCCC(=O)NC(COC1OC(CO)C(O)C(O)C1O)C(O)CCCCCCCCCCCCCC. The van der Waals surface area contributed by atoms with Crippen molar-refractivity contribution in [2.75, 3.05) is 13.2 Å². The highest BCUT2D eigenvalue weighted by Crippen LogP contribution is 2.23. The van der Waals surface area contributed by atoms with Crippen LogP contribution in [0.5, 0.6) is 0 Å². The fourth-order valence-corrected chi connectivity index (χ4v) is 8.80. The van der Waals surface area contributed by atoms with Gasteiger partial charge in [-0.3, -0.25) is 4.79 Å². The highest BCUT2D eigenvalue weighted by molar-refractivity contribution is 5.76. The van der Waals surface area contributed by atoms with E-state index in [0.717, 1.165) is 38.5 Å². The van der Waals surface area contributed by atoms with Crippen molar-refractivity contribution in [2.24, 2.45) is 0 Å². The zero-order valence-electron chi connectivity index (χ0n) is 40.6. The van der Waals surface area contributed by atoms with E-state index in [1.165, 1.54) is 199 Å². The van der Waals surface area contributed by atoms with Gasteiger partial charge in [0.05, 0.1) is 25.4 Å². The fourth-order valence-electron chi connectivity index (χ4n) is 8.80. The van der Waals surface area contributed by atoms with Crippen LogP contribution in [0.4, 0.5) is 0 Å². The third-order valence-electron chi connectivity index (χ3n) is 13.1. The molecule has 0 aromatic heterocycles. The summed E-state index contributed by atoms with van der Waals surface area (Å²) in [5, 5.41) is 54.4. The number of carbonyl (C=O) groups excluding carboxylic acids is 1. The Morgan fingerprint density at radius 1 is 0.532 bits per heavy atom. The number of unbranched alkanes of at least 4 members (excludes halogenated alkanes) is 34.